The molecule has 1 heterocycles. The average Bonchev–Trinajstić information content (AvgIpc) is 2.62. The molecule has 100 valence electrons. The summed E-state index contributed by atoms with van der Waals surface area (Å²) in [7, 11) is 0. The van der Waals surface area contributed by atoms with Crippen molar-refractivity contribution >= 4 is 5.91 Å². The summed E-state index contributed by atoms with van der Waals surface area (Å²) in [5.74, 6) is 0.201. The zero-order valence-corrected chi connectivity index (χ0v) is 9.94. The van der Waals surface area contributed by atoms with E-state index in [0.29, 0.717) is 18.9 Å². The second-order valence-electron chi connectivity index (χ2n) is 4.56. The van der Waals surface area contributed by atoms with Crippen molar-refractivity contribution in [2.24, 2.45) is 5.92 Å². The molecule has 0 spiro atoms. The summed E-state index contributed by atoms with van der Waals surface area (Å²) in [5.41, 5.74) is 0. The van der Waals surface area contributed by atoms with Gasteiger partial charge in [-0.3, -0.25) is 4.79 Å². The Morgan fingerprint density at radius 2 is 2.12 bits per heavy atom. The number of unbranched alkanes of at least 4 members (excludes halogenated alkanes) is 1. The number of hydrogen-bond acceptors (Lipinski definition) is 2. The minimum atomic E-state index is -4.09. The van der Waals surface area contributed by atoms with Gasteiger partial charge in [-0.15, -0.1) is 0 Å². The molecule has 17 heavy (non-hydrogen) atoms. The van der Waals surface area contributed by atoms with E-state index in [0.717, 1.165) is 13.0 Å². The zero-order valence-electron chi connectivity index (χ0n) is 9.94. The van der Waals surface area contributed by atoms with Crippen LogP contribution in [-0.4, -0.2) is 31.2 Å². The van der Waals surface area contributed by atoms with E-state index in [1.807, 2.05) is 6.92 Å². The predicted octanol–water partition coefficient (Wildman–Crippen LogP) is 1.83. The maximum absolute atomic E-state index is 11.8. The van der Waals surface area contributed by atoms with E-state index >= 15 is 0 Å². The van der Waals surface area contributed by atoms with Crippen molar-refractivity contribution in [3.05, 3.63) is 0 Å². The number of carbonyl (C=O) groups excluding carboxylic acids is 1. The van der Waals surface area contributed by atoms with Crippen LogP contribution in [0.3, 0.4) is 0 Å². The third-order valence-electron chi connectivity index (χ3n) is 3.00. The number of rotatable bonds is 5. The molecule has 0 saturated carbocycles. The van der Waals surface area contributed by atoms with Crippen LogP contribution in [0, 0.1) is 5.92 Å². The third kappa shape index (κ3) is 5.39. The molecule has 0 aromatic heterocycles. The molecule has 0 aliphatic carbocycles. The third-order valence-corrected chi connectivity index (χ3v) is 3.00. The Morgan fingerprint density at radius 3 is 2.65 bits per heavy atom. The molecule has 1 rings (SSSR count). The lowest BCUT2D eigenvalue weighted by Crippen LogP contribution is -2.43. The smallest absolute Gasteiger partial charge is 0.355 e. The van der Waals surface area contributed by atoms with Crippen molar-refractivity contribution in [1.82, 2.24) is 10.6 Å². The van der Waals surface area contributed by atoms with Gasteiger partial charge in [-0.05, 0) is 31.7 Å². The van der Waals surface area contributed by atoms with Gasteiger partial charge in [0, 0.05) is 13.0 Å². The van der Waals surface area contributed by atoms with Crippen LogP contribution in [0.15, 0.2) is 0 Å². The number of carbonyl (C=O) groups is 1. The Hall–Kier alpha value is -0.780. The van der Waals surface area contributed by atoms with Gasteiger partial charge in [0.1, 0.15) is 0 Å². The second-order valence-corrected chi connectivity index (χ2v) is 4.56. The van der Waals surface area contributed by atoms with E-state index in [4.69, 9.17) is 0 Å². The summed E-state index contributed by atoms with van der Waals surface area (Å²) >= 11 is 0. The molecule has 1 amide bonds. The summed E-state index contributed by atoms with van der Waals surface area (Å²) in [5, 5.41) is 5.75. The van der Waals surface area contributed by atoms with E-state index in [1.165, 1.54) is 0 Å². The first-order valence-corrected chi connectivity index (χ1v) is 5.98. The zero-order chi connectivity index (χ0) is 12.9. The molecule has 1 fully saturated rings. The first-order valence-electron chi connectivity index (χ1n) is 5.98. The maximum Gasteiger partial charge on any atom is 0.389 e. The fourth-order valence-corrected chi connectivity index (χ4v) is 1.96. The van der Waals surface area contributed by atoms with Crippen LogP contribution in [-0.2, 0) is 4.79 Å². The predicted molar refractivity (Wildman–Crippen MR) is 58.5 cm³/mol. The van der Waals surface area contributed by atoms with Gasteiger partial charge in [0.15, 0.2) is 0 Å². The summed E-state index contributed by atoms with van der Waals surface area (Å²) in [6.45, 7) is 3.14. The molecule has 1 aliphatic rings. The minimum Gasteiger partial charge on any atom is -0.355 e. The lowest BCUT2D eigenvalue weighted by molar-refractivity contribution is -0.135. The van der Waals surface area contributed by atoms with Crippen LogP contribution in [0.1, 0.15) is 32.6 Å². The van der Waals surface area contributed by atoms with Crippen LogP contribution < -0.4 is 10.6 Å². The highest BCUT2D eigenvalue weighted by molar-refractivity contribution is 5.82. The van der Waals surface area contributed by atoms with Crippen molar-refractivity contribution in [2.75, 3.05) is 13.1 Å². The van der Waals surface area contributed by atoms with Crippen LogP contribution in [0.2, 0.25) is 0 Å². The van der Waals surface area contributed by atoms with Crippen molar-refractivity contribution in [3.63, 3.8) is 0 Å². The van der Waals surface area contributed by atoms with Crippen LogP contribution in [0.4, 0.5) is 13.2 Å². The molecular formula is C11H19F3N2O. The Bertz CT molecular complexity index is 256. The fourth-order valence-electron chi connectivity index (χ4n) is 1.96. The molecule has 2 N–H and O–H groups in total. The highest BCUT2D eigenvalue weighted by Crippen LogP contribution is 2.21. The van der Waals surface area contributed by atoms with E-state index in [9.17, 15) is 18.0 Å². The van der Waals surface area contributed by atoms with E-state index in [2.05, 4.69) is 10.6 Å². The van der Waals surface area contributed by atoms with Crippen molar-refractivity contribution in [3.8, 4) is 0 Å². The van der Waals surface area contributed by atoms with Gasteiger partial charge in [-0.25, -0.2) is 0 Å². The highest BCUT2D eigenvalue weighted by atomic mass is 19.4. The van der Waals surface area contributed by atoms with Crippen molar-refractivity contribution in [1.29, 1.82) is 0 Å². The minimum absolute atomic E-state index is 0.0669. The summed E-state index contributed by atoms with van der Waals surface area (Å²) in [4.78, 5) is 11.6. The van der Waals surface area contributed by atoms with Gasteiger partial charge in [0.2, 0.25) is 5.91 Å². The molecule has 0 aromatic rings. The largest absolute Gasteiger partial charge is 0.389 e. The second kappa shape index (κ2) is 6.23. The molecule has 3 nitrogen and oxygen atoms in total. The van der Waals surface area contributed by atoms with E-state index in [1.54, 1.807) is 0 Å². The first-order chi connectivity index (χ1) is 7.90. The van der Waals surface area contributed by atoms with Gasteiger partial charge >= 0.3 is 6.18 Å². The molecule has 2 atom stereocenters. The Morgan fingerprint density at radius 1 is 1.41 bits per heavy atom. The molecule has 1 aliphatic heterocycles. The highest BCUT2D eigenvalue weighted by Gasteiger charge is 2.29. The van der Waals surface area contributed by atoms with Crippen LogP contribution in [0.25, 0.3) is 0 Å². The first kappa shape index (κ1) is 14.3. The summed E-state index contributed by atoms with van der Waals surface area (Å²) in [6, 6.07) is -0.183. The average molecular weight is 252 g/mol. The molecule has 0 radical (unpaired) electrons. The quantitative estimate of drug-likeness (QED) is 0.733. The SMILES string of the molecule is CC1CCNC1C(=O)NCCCCC(F)(F)F. The lowest BCUT2D eigenvalue weighted by Gasteiger charge is -2.15. The number of hydrogen-bond donors (Lipinski definition) is 2. The number of amides is 1. The molecule has 1 saturated heterocycles. The lowest BCUT2D eigenvalue weighted by atomic mass is 10.0. The molecule has 0 aromatic carbocycles. The summed E-state index contributed by atoms with van der Waals surface area (Å²) < 4.78 is 35.5. The molecular weight excluding hydrogens is 233 g/mol. The van der Waals surface area contributed by atoms with E-state index < -0.39 is 12.6 Å². The topological polar surface area (TPSA) is 41.1 Å². The fraction of sp³-hybridized carbons (Fsp3) is 0.909. The Labute approximate surface area is 99.1 Å². The van der Waals surface area contributed by atoms with Gasteiger partial charge in [0.25, 0.3) is 0 Å². The van der Waals surface area contributed by atoms with Gasteiger partial charge in [-0.2, -0.15) is 13.2 Å². The number of alkyl halides is 3. The standard InChI is InChI=1S/C11H19F3N2O/c1-8-4-7-15-9(8)10(17)16-6-3-2-5-11(12,13)14/h8-9,15H,2-7H2,1H3,(H,16,17). The van der Waals surface area contributed by atoms with Gasteiger partial charge in [-0.1, -0.05) is 6.92 Å². The Balaban J connectivity index is 2.08. The van der Waals surface area contributed by atoms with E-state index in [-0.39, 0.29) is 18.4 Å². The Kier molecular flexibility index (Phi) is 5.24. The van der Waals surface area contributed by atoms with Crippen molar-refractivity contribution in [2.45, 2.75) is 44.8 Å². The molecule has 2 unspecified atom stereocenters. The number of halogens is 3. The molecule has 0 bridgehead atoms. The summed E-state index contributed by atoms with van der Waals surface area (Å²) in [6.07, 6.45) is -3.47. The molecule has 6 heteroatoms. The number of nitrogens with one attached hydrogen (secondary N) is 2. The van der Waals surface area contributed by atoms with Crippen molar-refractivity contribution < 1.29 is 18.0 Å². The van der Waals surface area contributed by atoms with Crippen LogP contribution >= 0.6 is 0 Å². The normalized spacial score (nSPS) is 24.9. The van der Waals surface area contributed by atoms with Gasteiger partial charge < -0.3 is 10.6 Å². The van der Waals surface area contributed by atoms with Gasteiger partial charge in [0.05, 0.1) is 6.04 Å². The monoisotopic (exact) mass is 252 g/mol. The maximum atomic E-state index is 11.8. The van der Waals surface area contributed by atoms with Crippen LogP contribution in [0.5, 0.6) is 0 Å².